The molecule has 1 fully saturated rings. The molecule has 1 saturated carbocycles. The predicted molar refractivity (Wildman–Crippen MR) is 73.6 cm³/mol. The number of nitrogens with one attached hydrogen (secondary N) is 1. The van der Waals surface area contributed by atoms with Gasteiger partial charge in [0, 0.05) is 18.6 Å². The van der Waals surface area contributed by atoms with Gasteiger partial charge in [0.05, 0.1) is 18.1 Å². The van der Waals surface area contributed by atoms with E-state index in [4.69, 9.17) is 4.74 Å². The van der Waals surface area contributed by atoms with E-state index < -0.39 is 30.9 Å². The number of benzene rings is 1. The molecule has 0 bridgehead atoms. The van der Waals surface area contributed by atoms with Crippen molar-refractivity contribution in [1.82, 2.24) is 4.72 Å². The number of hydrogen-bond donors (Lipinski definition) is 2. The zero-order valence-corrected chi connectivity index (χ0v) is 12.2. The number of aliphatic hydroxyl groups excluding tert-OH is 1. The van der Waals surface area contributed by atoms with E-state index in [-0.39, 0.29) is 18.9 Å². The largest absolute Gasteiger partial charge is 0.497 e. The summed E-state index contributed by atoms with van der Waals surface area (Å²) in [5, 5.41) is 20.2. The summed E-state index contributed by atoms with van der Waals surface area (Å²) in [4.78, 5) is 9.84. The van der Waals surface area contributed by atoms with Gasteiger partial charge in [-0.15, -0.1) is 0 Å². The first kappa shape index (κ1) is 15.7. The van der Waals surface area contributed by atoms with Crippen LogP contribution in [0.3, 0.4) is 0 Å². The van der Waals surface area contributed by atoms with Crippen LogP contribution in [0.5, 0.6) is 5.75 Å². The van der Waals surface area contributed by atoms with Gasteiger partial charge in [-0.25, -0.2) is 13.1 Å². The molecular weight excluding hydrogens is 300 g/mol. The number of nitro groups is 1. The van der Waals surface area contributed by atoms with E-state index >= 15 is 0 Å². The highest BCUT2D eigenvalue weighted by atomic mass is 32.2. The summed E-state index contributed by atoms with van der Waals surface area (Å²) in [6, 6.07) is 3.55. The molecule has 1 aromatic rings. The lowest BCUT2D eigenvalue weighted by Gasteiger charge is -2.13. The van der Waals surface area contributed by atoms with Crippen LogP contribution in [-0.2, 0) is 10.0 Å². The molecule has 0 unspecified atom stereocenters. The van der Waals surface area contributed by atoms with Crippen LogP contribution < -0.4 is 9.46 Å². The topological polar surface area (TPSA) is 119 Å². The maximum absolute atomic E-state index is 12.2. The lowest BCUT2D eigenvalue weighted by Crippen LogP contribution is -2.32. The summed E-state index contributed by atoms with van der Waals surface area (Å²) in [5.41, 5.74) is -0.968. The molecule has 0 aliphatic heterocycles. The van der Waals surface area contributed by atoms with Gasteiger partial charge in [-0.1, -0.05) is 0 Å². The molecule has 2 N–H and O–H groups in total. The highest BCUT2D eigenvalue weighted by molar-refractivity contribution is 7.89. The SMILES string of the molecule is COc1ccc(S(=O)(=O)NCC2(CO)CC2)c([N+](=O)[O-])c1. The summed E-state index contributed by atoms with van der Waals surface area (Å²) in [6.45, 7) is -0.0464. The van der Waals surface area contributed by atoms with E-state index in [1.165, 1.54) is 13.2 Å². The average Bonchev–Trinajstić information content (AvgIpc) is 3.25. The van der Waals surface area contributed by atoms with E-state index in [9.17, 15) is 23.6 Å². The van der Waals surface area contributed by atoms with E-state index in [0.29, 0.717) is 0 Å². The van der Waals surface area contributed by atoms with Gasteiger partial charge in [0.1, 0.15) is 5.75 Å². The molecule has 0 heterocycles. The van der Waals surface area contributed by atoms with Crippen molar-refractivity contribution in [3.8, 4) is 5.75 Å². The molecule has 8 nitrogen and oxygen atoms in total. The molecule has 0 atom stereocenters. The first-order valence-corrected chi connectivity index (χ1v) is 7.75. The quantitative estimate of drug-likeness (QED) is 0.563. The molecule has 0 radical (unpaired) electrons. The van der Waals surface area contributed by atoms with Crippen LogP contribution in [0.4, 0.5) is 5.69 Å². The van der Waals surface area contributed by atoms with E-state index in [1.807, 2.05) is 0 Å². The van der Waals surface area contributed by atoms with Crippen LogP contribution in [0.1, 0.15) is 12.8 Å². The molecule has 1 aromatic carbocycles. The molecule has 0 spiro atoms. The number of nitrogens with zero attached hydrogens (tertiary/aromatic N) is 1. The Morgan fingerprint density at radius 1 is 1.48 bits per heavy atom. The third kappa shape index (κ3) is 3.31. The fourth-order valence-electron chi connectivity index (χ4n) is 1.89. The number of hydrogen-bond acceptors (Lipinski definition) is 6. The molecule has 116 valence electrons. The summed E-state index contributed by atoms with van der Waals surface area (Å²) < 4.78 is 31.6. The molecule has 2 rings (SSSR count). The van der Waals surface area contributed by atoms with Gasteiger partial charge in [0.25, 0.3) is 5.69 Å². The van der Waals surface area contributed by atoms with Crippen LogP contribution in [0.25, 0.3) is 0 Å². The summed E-state index contributed by atoms with van der Waals surface area (Å²) in [7, 11) is -2.69. The lowest BCUT2D eigenvalue weighted by molar-refractivity contribution is -0.387. The third-order valence-corrected chi connectivity index (χ3v) is 5.03. The van der Waals surface area contributed by atoms with Crippen LogP contribution in [0.2, 0.25) is 0 Å². The van der Waals surface area contributed by atoms with Gasteiger partial charge >= 0.3 is 0 Å². The van der Waals surface area contributed by atoms with Gasteiger partial charge in [-0.05, 0) is 25.0 Å². The number of ether oxygens (including phenoxy) is 1. The van der Waals surface area contributed by atoms with Crippen LogP contribution in [0, 0.1) is 15.5 Å². The smallest absolute Gasteiger partial charge is 0.293 e. The minimum atomic E-state index is -4.02. The molecule has 0 amide bonds. The van der Waals surface area contributed by atoms with Crippen molar-refractivity contribution < 1.29 is 23.2 Å². The van der Waals surface area contributed by atoms with Crippen LogP contribution in [0.15, 0.2) is 23.1 Å². The molecule has 1 aliphatic rings. The van der Waals surface area contributed by atoms with Crippen LogP contribution >= 0.6 is 0 Å². The van der Waals surface area contributed by atoms with E-state index in [1.54, 1.807) is 0 Å². The van der Waals surface area contributed by atoms with Gasteiger partial charge in [0.15, 0.2) is 4.90 Å². The van der Waals surface area contributed by atoms with Crippen molar-refractivity contribution in [3.05, 3.63) is 28.3 Å². The Kier molecular flexibility index (Phi) is 4.17. The number of sulfonamides is 1. The minimum absolute atomic E-state index is 0.0645. The Hall–Kier alpha value is -1.71. The fraction of sp³-hybridized carbons (Fsp3) is 0.500. The second kappa shape index (κ2) is 5.58. The second-order valence-corrected chi connectivity index (χ2v) is 6.81. The van der Waals surface area contributed by atoms with Crippen molar-refractivity contribution >= 4 is 15.7 Å². The number of rotatable bonds is 7. The maximum atomic E-state index is 12.2. The monoisotopic (exact) mass is 316 g/mol. The van der Waals surface area contributed by atoms with Gasteiger partial charge in [-0.2, -0.15) is 0 Å². The zero-order valence-electron chi connectivity index (χ0n) is 11.4. The normalized spacial score (nSPS) is 16.5. The Bertz CT molecular complexity index is 654. The zero-order chi connectivity index (χ0) is 15.7. The molecule has 0 saturated heterocycles. The minimum Gasteiger partial charge on any atom is -0.497 e. The molecular formula is C12H16N2O6S. The van der Waals surface area contributed by atoms with Crippen molar-refractivity contribution in [1.29, 1.82) is 0 Å². The summed E-state index contributed by atoms with van der Waals surface area (Å²) >= 11 is 0. The average molecular weight is 316 g/mol. The number of aliphatic hydroxyl groups is 1. The Morgan fingerprint density at radius 2 is 2.14 bits per heavy atom. The van der Waals surface area contributed by atoms with Crippen LogP contribution in [-0.4, -0.2) is 38.7 Å². The Balaban J connectivity index is 2.28. The number of methoxy groups -OCH3 is 1. The molecule has 0 aromatic heterocycles. The Morgan fingerprint density at radius 3 is 2.62 bits per heavy atom. The van der Waals surface area contributed by atoms with Crippen molar-refractivity contribution in [3.63, 3.8) is 0 Å². The van der Waals surface area contributed by atoms with Gasteiger partial charge in [-0.3, -0.25) is 10.1 Å². The van der Waals surface area contributed by atoms with E-state index in [0.717, 1.165) is 25.0 Å². The molecule has 21 heavy (non-hydrogen) atoms. The van der Waals surface area contributed by atoms with Crippen molar-refractivity contribution in [2.45, 2.75) is 17.7 Å². The standard InChI is InChI=1S/C12H16N2O6S/c1-20-9-2-3-11(10(6-9)14(16)17)21(18,19)13-7-12(8-15)4-5-12/h2-3,6,13,15H,4-5,7-8H2,1H3. The van der Waals surface area contributed by atoms with Gasteiger partial charge < -0.3 is 9.84 Å². The molecule has 1 aliphatic carbocycles. The van der Waals surface area contributed by atoms with Crippen molar-refractivity contribution in [2.75, 3.05) is 20.3 Å². The second-order valence-electron chi connectivity index (χ2n) is 5.07. The lowest BCUT2D eigenvalue weighted by atomic mass is 10.1. The van der Waals surface area contributed by atoms with E-state index in [2.05, 4.69) is 4.72 Å². The highest BCUT2D eigenvalue weighted by Gasteiger charge is 2.43. The first-order chi connectivity index (χ1) is 9.83. The highest BCUT2D eigenvalue weighted by Crippen LogP contribution is 2.44. The number of nitro benzene ring substituents is 1. The predicted octanol–water partition coefficient (Wildman–Crippen LogP) is 0.654. The van der Waals surface area contributed by atoms with Crippen molar-refractivity contribution in [2.24, 2.45) is 5.41 Å². The van der Waals surface area contributed by atoms with Gasteiger partial charge in [0.2, 0.25) is 10.0 Å². The Labute approximate surface area is 121 Å². The third-order valence-electron chi connectivity index (χ3n) is 3.58. The first-order valence-electron chi connectivity index (χ1n) is 6.26. The summed E-state index contributed by atoms with van der Waals surface area (Å²) in [6.07, 6.45) is 1.47. The fourth-order valence-corrected chi connectivity index (χ4v) is 3.20. The summed E-state index contributed by atoms with van der Waals surface area (Å²) in [5.74, 6) is 0.203. The maximum Gasteiger partial charge on any atom is 0.293 e. The molecule has 9 heteroatoms.